The van der Waals surface area contributed by atoms with E-state index in [1.807, 2.05) is 18.2 Å². The minimum Gasteiger partial charge on any atom is -0.373 e. The molecule has 32 heavy (non-hydrogen) atoms. The van der Waals surface area contributed by atoms with Crippen LogP contribution in [0.2, 0.25) is 5.02 Å². The molecule has 168 valence electrons. The van der Waals surface area contributed by atoms with Crippen LogP contribution in [0.5, 0.6) is 0 Å². The van der Waals surface area contributed by atoms with Gasteiger partial charge in [0.15, 0.2) is 5.82 Å². The van der Waals surface area contributed by atoms with Crippen molar-refractivity contribution >= 4 is 39.2 Å². The number of nitrogens with zero attached hydrogens (tertiary/aromatic N) is 4. The Labute approximate surface area is 192 Å². The lowest BCUT2D eigenvalue weighted by atomic mass is 10.1. The van der Waals surface area contributed by atoms with Crippen molar-refractivity contribution in [1.29, 1.82) is 0 Å². The van der Waals surface area contributed by atoms with Gasteiger partial charge in [0, 0.05) is 35.2 Å². The summed E-state index contributed by atoms with van der Waals surface area (Å²) in [5.41, 5.74) is 4.81. The van der Waals surface area contributed by atoms with Crippen molar-refractivity contribution in [3.05, 3.63) is 41.4 Å². The predicted octanol–water partition coefficient (Wildman–Crippen LogP) is 4.70. The van der Waals surface area contributed by atoms with Gasteiger partial charge in [-0.2, -0.15) is 5.10 Å². The fourth-order valence-corrected chi connectivity index (χ4v) is 4.69. The van der Waals surface area contributed by atoms with Gasteiger partial charge in [-0.05, 0) is 56.4 Å². The normalized spacial score (nSPS) is 19.5. The molecular formula is C24H29ClN6O. The summed E-state index contributed by atoms with van der Waals surface area (Å²) in [7, 11) is 0. The zero-order chi connectivity index (χ0) is 22.2. The fourth-order valence-electron chi connectivity index (χ4n) is 4.52. The number of likely N-dealkylation sites (N-methyl/N-ethyl adjacent to an activating group) is 1. The number of rotatable bonds is 6. The number of aromatic amines is 2. The summed E-state index contributed by atoms with van der Waals surface area (Å²) in [5.74, 6) is 0.750. The number of hydrogen-bond acceptors (Lipinski definition) is 5. The molecule has 2 aromatic carbocycles. The van der Waals surface area contributed by atoms with Gasteiger partial charge in [-0.1, -0.05) is 25.4 Å². The maximum absolute atomic E-state index is 6.14. The van der Waals surface area contributed by atoms with E-state index in [0.29, 0.717) is 11.1 Å². The van der Waals surface area contributed by atoms with Gasteiger partial charge < -0.3 is 19.5 Å². The first kappa shape index (κ1) is 21.2. The molecule has 1 aliphatic heterocycles. The van der Waals surface area contributed by atoms with E-state index in [1.54, 1.807) is 0 Å². The van der Waals surface area contributed by atoms with Crippen LogP contribution in [0.3, 0.4) is 0 Å². The first-order valence-electron chi connectivity index (χ1n) is 11.3. The van der Waals surface area contributed by atoms with Crippen LogP contribution in [-0.4, -0.2) is 70.0 Å². The van der Waals surface area contributed by atoms with Crippen LogP contribution in [0.15, 0.2) is 36.4 Å². The van der Waals surface area contributed by atoms with E-state index in [9.17, 15) is 0 Å². The van der Waals surface area contributed by atoms with Gasteiger partial charge in [0.05, 0.1) is 29.3 Å². The molecule has 0 radical (unpaired) electrons. The van der Waals surface area contributed by atoms with Gasteiger partial charge in [0.1, 0.15) is 5.69 Å². The van der Waals surface area contributed by atoms with Crippen LogP contribution in [0, 0.1) is 0 Å². The standard InChI is InChI=1S/C24H29ClN6O/c1-4-30(5-2)12-18-13-31(15(3)14-32-18)17-7-9-20-22(11-17)27-24(26-20)23-19-8-6-16(25)10-21(19)28-29-23/h6-11,15,18H,4-5,12-14H2,1-3H3,(H,26,27)(H,28,29)/t15-,18-/m0/s1. The van der Waals surface area contributed by atoms with Gasteiger partial charge in [0.2, 0.25) is 0 Å². The van der Waals surface area contributed by atoms with E-state index in [1.165, 1.54) is 5.69 Å². The molecule has 1 aliphatic rings. The molecule has 0 aliphatic carbocycles. The number of anilines is 1. The average molecular weight is 453 g/mol. The first-order valence-corrected chi connectivity index (χ1v) is 11.7. The van der Waals surface area contributed by atoms with Crippen LogP contribution in [0.1, 0.15) is 20.8 Å². The second kappa shape index (κ2) is 8.73. The molecular weight excluding hydrogens is 424 g/mol. The largest absolute Gasteiger partial charge is 0.373 e. The summed E-state index contributed by atoms with van der Waals surface area (Å²) in [6.45, 7) is 11.3. The van der Waals surface area contributed by atoms with Crippen molar-refractivity contribution < 1.29 is 4.74 Å². The molecule has 0 amide bonds. The number of morpholine rings is 1. The Morgan fingerprint density at radius 3 is 2.81 bits per heavy atom. The van der Waals surface area contributed by atoms with Crippen LogP contribution >= 0.6 is 11.6 Å². The minimum atomic E-state index is 0.210. The predicted molar refractivity (Wildman–Crippen MR) is 131 cm³/mol. The van der Waals surface area contributed by atoms with Crippen molar-refractivity contribution in [3.8, 4) is 11.5 Å². The maximum atomic E-state index is 6.14. The van der Waals surface area contributed by atoms with Gasteiger partial charge in [-0.3, -0.25) is 5.10 Å². The number of halogens is 1. The van der Waals surface area contributed by atoms with Gasteiger partial charge in [-0.15, -0.1) is 0 Å². The van der Waals surface area contributed by atoms with Crippen molar-refractivity contribution in [2.45, 2.75) is 32.9 Å². The minimum absolute atomic E-state index is 0.210. The lowest BCUT2D eigenvalue weighted by Gasteiger charge is -2.41. The highest BCUT2D eigenvalue weighted by molar-refractivity contribution is 6.31. The first-order chi connectivity index (χ1) is 15.6. The number of imidazole rings is 1. The van der Waals surface area contributed by atoms with Crippen LogP contribution in [0.25, 0.3) is 33.5 Å². The van der Waals surface area contributed by atoms with Crippen LogP contribution in [0.4, 0.5) is 5.69 Å². The summed E-state index contributed by atoms with van der Waals surface area (Å²) < 4.78 is 6.14. The van der Waals surface area contributed by atoms with Gasteiger partial charge in [0.25, 0.3) is 0 Å². The number of benzene rings is 2. The maximum Gasteiger partial charge on any atom is 0.159 e. The molecule has 0 saturated carbocycles. The molecule has 0 unspecified atom stereocenters. The van der Waals surface area contributed by atoms with Gasteiger partial charge >= 0.3 is 0 Å². The average Bonchev–Trinajstić information content (AvgIpc) is 3.41. The highest BCUT2D eigenvalue weighted by atomic mass is 35.5. The van der Waals surface area contributed by atoms with E-state index < -0.39 is 0 Å². The highest BCUT2D eigenvalue weighted by Gasteiger charge is 2.27. The Bertz CT molecular complexity index is 1230. The molecule has 2 aromatic heterocycles. The summed E-state index contributed by atoms with van der Waals surface area (Å²) in [6, 6.07) is 12.5. The lowest BCUT2D eigenvalue weighted by molar-refractivity contribution is 0.00265. The van der Waals surface area contributed by atoms with Crippen LogP contribution in [-0.2, 0) is 4.74 Å². The van der Waals surface area contributed by atoms with Gasteiger partial charge in [-0.25, -0.2) is 4.98 Å². The molecule has 8 heteroatoms. The third-order valence-corrected chi connectivity index (χ3v) is 6.64. The fraction of sp³-hybridized carbons (Fsp3) is 0.417. The van der Waals surface area contributed by atoms with Crippen molar-refractivity contribution in [3.63, 3.8) is 0 Å². The molecule has 0 bridgehead atoms. The van der Waals surface area contributed by atoms with Crippen LogP contribution < -0.4 is 4.90 Å². The molecule has 2 atom stereocenters. The Morgan fingerprint density at radius 1 is 1.16 bits per heavy atom. The van der Waals surface area contributed by atoms with Crippen molar-refractivity contribution in [1.82, 2.24) is 25.1 Å². The second-order valence-corrected chi connectivity index (χ2v) is 8.93. The van der Waals surface area contributed by atoms with Crippen molar-refractivity contribution in [2.75, 3.05) is 37.7 Å². The molecule has 0 spiro atoms. The monoisotopic (exact) mass is 452 g/mol. The Morgan fingerprint density at radius 2 is 2.00 bits per heavy atom. The quantitative estimate of drug-likeness (QED) is 0.443. The van der Waals surface area contributed by atoms with E-state index in [2.05, 4.69) is 64.0 Å². The highest BCUT2D eigenvalue weighted by Crippen LogP contribution is 2.30. The second-order valence-electron chi connectivity index (χ2n) is 8.49. The van der Waals surface area contributed by atoms with E-state index in [4.69, 9.17) is 21.3 Å². The molecule has 2 N–H and O–H groups in total. The number of hydrogen-bond donors (Lipinski definition) is 2. The SMILES string of the molecule is CCN(CC)C[C@H]1CN(c2ccc3nc(-c4n[nH]c5cc(Cl)ccc45)[nH]c3c2)[C@@H](C)CO1. The molecule has 1 fully saturated rings. The molecule has 5 rings (SSSR count). The summed E-state index contributed by atoms with van der Waals surface area (Å²) in [6.07, 6.45) is 0.210. The number of H-pyrrole nitrogens is 2. The van der Waals surface area contributed by atoms with E-state index in [0.717, 1.165) is 66.2 Å². The number of ether oxygens (including phenoxy) is 1. The Kier molecular flexibility index (Phi) is 5.80. The summed E-state index contributed by atoms with van der Waals surface area (Å²) in [5, 5.41) is 9.20. The molecule has 3 heterocycles. The smallest absolute Gasteiger partial charge is 0.159 e. The molecule has 7 nitrogen and oxygen atoms in total. The molecule has 1 saturated heterocycles. The third-order valence-electron chi connectivity index (χ3n) is 6.41. The van der Waals surface area contributed by atoms with Crippen molar-refractivity contribution in [2.24, 2.45) is 0 Å². The zero-order valence-corrected chi connectivity index (χ0v) is 19.5. The Balaban J connectivity index is 1.43. The van der Waals surface area contributed by atoms with E-state index in [-0.39, 0.29) is 6.10 Å². The Hall–Kier alpha value is -2.61. The number of fused-ring (bicyclic) bond motifs is 2. The van der Waals surface area contributed by atoms with E-state index >= 15 is 0 Å². The third kappa shape index (κ3) is 3.96. The topological polar surface area (TPSA) is 73.1 Å². The summed E-state index contributed by atoms with van der Waals surface area (Å²) in [4.78, 5) is 13.1. The summed E-state index contributed by atoms with van der Waals surface area (Å²) >= 11 is 6.11. The zero-order valence-electron chi connectivity index (χ0n) is 18.7. The lowest BCUT2D eigenvalue weighted by Crippen LogP contribution is -2.52. The number of nitrogens with one attached hydrogen (secondary N) is 2. The number of aromatic nitrogens is 4. The molecule has 4 aromatic rings.